The molecule has 1 rings (SSSR count). The first-order chi connectivity index (χ1) is 12.3. The molecule has 0 aliphatic carbocycles. The molecule has 0 aromatic heterocycles. The first-order valence-corrected chi connectivity index (χ1v) is 9.27. The van der Waals surface area contributed by atoms with Crippen molar-refractivity contribution in [3.8, 4) is 0 Å². The highest BCUT2D eigenvalue weighted by atomic mass is 32.2. The van der Waals surface area contributed by atoms with Crippen LogP contribution in [-0.2, 0) is 24.3 Å². The lowest BCUT2D eigenvalue weighted by Gasteiger charge is -2.19. The molecule has 140 valence electrons. The summed E-state index contributed by atoms with van der Waals surface area (Å²) in [6.45, 7) is 9.30. The normalized spacial score (nSPS) is 11.3. The van der Waals surface area contributed by atoms with Crippen LogP contribution >= 0.6 is 0 Å². The van der Waals surface area contributed by atoms with E-state index in [2.05, 4.69) is 23.2 Å². The number of rotatable bonds is 10. The monoisotopic (exact) mass is 378 g/mol. The number of anilines is 1. The number of hydrogen-bond donors (Lipinski definition) is 1. The standard InChI is InChI=1S/C18H22N2O5S/c1-4-13-20(14-5-2)26(23,24)16-9-7-15(8-10-16)19-17(21)11-12-18(22)25-6-3/h4-5,7-12H,1-2,6,13-14H2,3H3,(H,19,21)/b12-11+. The highest BCUT2D eigenvalue weighted by Crippen LogP contribution is 2.18. The van der Waals surface area contributed by atoms with Gasteiger partial charge in [-0.3, -0.25) is 4.79 Å². The molecule has 0 saturated carbocycles. The summed E-state index contributed by atoms with van der Waals surface area (Å²) >= 11 is 0. The van der Waals surface area contributed by atoms with E-state index >= 15 is 0 Å². The summed E-state index contributed by atoms with van der Waals surface area (Å²) < 4.78 is 31.0. The average molecular weight is 378 g/mol. The molecule has 0 atom stereocenters. The summed E-state index contributed by atoms with van der Waals surface area (Å²) in [5.74, 6) is -1.15. The third kappa shape index (κ3) is 6.30. The summed E-state index contributed by atoms with van der Waals surface area (Å²) in [6.07, 6.45) is 5.04. The Morgan fingerprint density at radius 1 is 1.12 bits per heavy atom. The van der Waals surface area contributed by atoms with Crippen LogP contribution < -0.4 is 5.32 Å². The summed E-state index contributed by atoms with van der Waals surface area (Å²) in [6, 6.07) is 5.70. The molecule has 0 aliphatic rings. The van der Waals surface area contributed by atoms with Gasteiger partial charge < -0.3 is 10.1 Å². The Bertz CT molecular complexity index is 772. The largest absolute Gasteiger partial charge is 0.463 e. The fourth-order valence-electron chi connectivity index (χ4n) is 1.94. The molecule has 26 heavy (non-hydrogen) atoms. The Labute approximate surface area is 153 Å². The van der Waals surface area contributed by atoms with E-state index in [1.807, 2.05) is 0 Å². The van der Waals surface area contributed by atoms with Crippen molar-refractivity contribution in [2.24, 2.45) is 0 Å². The molecule has 0 aliphatic heterocycles. The van der Waals surface area contributed by atoms with Gasteiger partial charge in [-0.2, -0.15) is 4.31 Å². The average Bonchev–Trinajstić information content (AvgIpc) is 2.60. The van der Waals surface area contributed by atoms with Crippen LogP contribution in [0.1, 0.15) is 6.92 Å². The van der Waals surface area contributed by atoms with Crippen molar-refractivity contribution < 1.29 is 22.7 Å². The minimum absolute atomic E-state index is 0.0845. The predicted molar refractivity (Wildman–Crippen MR) is 100.0 cm³/mol. The fourth-order valence-corrected chi connectivity index (χ4v) is 3.32. The predicted octanol–water partition coefficient (Wildman–Crippen LogP) is 2.11. The summed E-state index contributed by atoms with van der Waals surface area (Å²) in [4.78, 5) is 23.0. The van der Waals surface area contributed by atoms with Crippen molar-refractivity contribution >= 4 is 27.6 Å². The molecule has 0 fully saturated rings. The fraction of sp³-hybridized carbons (Fsp3) is 0.222. The number of nitrogens with one attached hydrogen (secondary N) is 1. The minimum Gasteiger partial charge on any atom is -0.463 e. The van der Waals surface area contributed by atoms with Gasteiger partial charge in [0.15, 0.2) is 0 Å². The topological polar surface area (TPSA) is 92.8 Å². The van der Waals surface area contributed by atoms with Crippen molar-refractivity contribution in [3.63, 3.8) is 0 Å². The summed E-state index contributed by atoms with van der Waals surface area (Å²) in [5, 5.41) is 2.52. The van der Waals surface area contributed by atoms with E-state index < -0.39 is 21.9 Å². The number of benzene rings is 1. The van der Waals surface area contributed by atoms with Crippen LogP contribution in [0.5, 0.6) is 0 Å². The van der Waals surface area contributed by atoms with Crippen molar-refractivity contribution in [3.05, 3.63) is 61.7 Å². The number of sulfonamides is 1. The van der Waals surface area contributed by atoms with E-state index in [0.29, 0.717) is 5.69 Å². The van der Waals surface area contributed by atoms with Crippen molar-refractivity contribution in [1.82, 2.24) is 4.31 Å². The zero-order valence-electron chi connectivity index (χ0n) is 14.6. The summed E-state index contributed by atoms with van der Waals surface area (Å²) in [5.41, 5.74) is 0.390. The highest BCUT2D eigenvalue weighted by molar-refractivity contribution is 7.89. The number of esters is 1. The highest BCUT2D eigenvalue weighted by Gasteiger charge is 2.22. The van der Waals surface area contributed by atoms with Crippen molar-refractivity contribution in [2.45, 2.75) is 11.8 Å². The van der Waals surface area contributed by atoms with Crippen LogP contribution in [-0.4, -0.2) is 44.3 Å². The molecule has 1 aromatic rings. The maximum Gasteiger partial charge on any atom is 0.330 e. The Kier molecular flexibility index (Phi) is 8.47. The minimum atomic E-state index is -3.70. The zero-order valence-corrected chi connectivity index (χ0v) is 15.4. The molecule has 7 nitrogen and oxygen atoms in total. The molecule has 0 heterocycles. The van der Waals surface area contributed by atoms with Crippen LogP contribution in [0.15, 0.2) is 66.6 Å². The number of ether oxygens (including phenoxy) is 1. The maximum absolute atomic E-state index is 12.6. The number of hydrogen-bond acceptors (Lipinski definition) is 5. The van der Waals surface area contributed by atoms with Crippen LogP contribution in [0, 0.1) is 0 Å². The zero-order chi connectivity index (χ0) is 19.6. The third-order valence-corrected chi connectivity index (χ3v) is 4.93. The van der Waals surface area contributed by atoms with E-state index in [-0.39, 0.29) is 24.6 Å². The number of carbonyl (C=O) groups excluding carboxylic acids is 2. The molecule has 1 N–H and O–H groups in total. The van der Waals surface area contributed by atoms with Gasteiger partial charge in [-0.05, 0) is 31.2 Å². The van der Waals surface area contributed by atoms with Crippen LogP contribution in [0.3, 0.4) is 0 Å². The lowest BCUT2D eigenvalue weighted by atomic mass is 10.3. The van der Waals surface area contributed by atoms with E-state index in [1.54, 1.807) is 6.92 Å². The molecule has 0 spiro atoms. The second-order valence-corrected chi connectivity index (χ2v) is 6.94. The molecule has 1 aromatic carbocycles. The SMILES string of the molecule is C=CCN(CC=C)S(=O)(=O)c1ccc(NC(=O)/C=C/C(=O)OCC)cc1. The van der Waals surface area contributed by atoms with E-state index in [0.717, 1.165) is 12.2 Å². The van der Waals surface area contributed by atoms with Gasteiger partial charge in [-0.1, -0.05) is 12.2 Å². The van der Waals surface area contributed by atoms with Gasteiger partial charge in [0.05, 0.1) is 11.5 Å². The Morgan fingerprint density at radius 3 is 2.19 bits per heavy atom. The van der Waals surface area contributed by atoms with Gasteiger partial charge in [0, 0.05) is 30.9 Å². The molecule has 0 saturated heterocycles. The van der Waals surface area contributed by atoms with Gasteiger partial charge in [0.1, 0.15) is 0 Å². The first-order valence-electron chi connectivity index (χ1n) is 7.83. The Balaban J connectivity index is 2.84. The van der Waals surface area contributed by atoms with Crippen LogP contribution in [0.2, 0.25) is 0 Å². The second-order valence-electron chi connectivity index (χ2n) is 5.00. The molecule has 0 unspecified atom stereocenters. The van der Waals surface area contributed by atoms with Gasteiger partial charge >= 0.3 is 5.97 Å². The first kappa shape index (κ1) is 21.3. The Morgan fingerprint density at radius 2 is 1.69 bits per heavy atom. The maximum atomic E-state index is 12.6. The number of nitrogens with zero attached hydrogens (tertiary/aromatic N) is 1. The number of carbonyl (C=O) groups is 2. The summed E-state index contributed by atoms with van der Waals surface area (Å²) in [7, 11) is -3.70. The van der Waals surface area contributed by atoms with E-state index in [4.69, 9.17) is 0 Å². The molecule has 8 heteroatoms. The van der Waals surface area contributed by atoms with Gasteiger partial charge in [-0.15, -0.1) is 13.2 Å². The lowest BCUT2D eigenvalue weighted by Crippen LogP contribution is -2.31. The van der Waals surface area contributed by atoms with Crippen molar-refractivity contribution in [1.29, 1.82) is 0 Å². The van der Waals surface area contributed by atoms with Crippen molar-refractivity contribution in [2.75, 3.05) is 25.0 Å². The molecule has 1 amide bonds. The van der Waals surface area contributed by atoms with E-state index in [9.17, 15) is 18.0 Å². The van der Waals surface area contributed by atoms with Crippen LogP contribution in [0.4, 0.5) is 5.69 Å². The Hall–Kier alpha value is -2.71. The lowest BCUT2D eigenvalue weighted by molar-refractivity contribution is -0.137. The smallest absolute Gasteiger partial charge is 0.330 e. The van der Waals surface area contributed by atoms with E-state index in [1.165, 1.54) is 40.7 Å². The third-order valence-electron chi connectivity index (χ3n) is 3.08. The quantitative estimate of drug-likeness (QED) is 0.382. The molecule has 0 radical (unpaired) electrons. The van der Waals surface area contributed by atoms with Gasteiger partial charge in [-0.25, -0.2) is 13.2 Å². The van der Waals surface area contributed by atoms with Crippen LogP contribution in [0.25, 0.3) is 0 Å². The van der Waals surface area contributed by atoms with Gasteiger partial charge in [0.25, 0.3) is 0 Å². The molecular formula is C18H22N2O5S. The number of amides is 1. The molecular weight excluding hydrogens is 356 g/mol. The second kappa shape index (κ2) is 10.3. The molecule has 0 bridgehead atoms. The van der Waals surface area contributed by atoms with Gasteiger partial charge in [0.2, 0.25) is 15.9 Å².